The molecule has 236 valence electrons. The zero-order valence-corrected chi connectivity index (χ0v) is 26.3. The number of hydrogen-bond acceptors (Lipinski definition) is 5. The number of halogens is 1. The highest BCUT2D eigenvalue weighted by molar-refractivity contribution is 5.93. The van der Waals surface area contributed by atoms with Gasteiger partial charge in [0.1, 0.15) is 23.9 Å². The Bertz CT molecular complexity index is 1190. The summed E-state index contributed by atoms with van der Waals surface area (Å²) in [5.41, 5.74) is 0.484. The summed E-state index contributed by atoms with van der Waals surface area (Å²) in [6.07, 6.45) is 6.10. The Morgan fingerprint density at radius 2 is 1.77 bits per heavy atom. The van der Waals surface area contributed by atoms with Crippen LogP contribution < -0.4 is 5.32 Å². The molecule has 5 aliphatic rings. The van der Waals surface area contributed by atoms with Crippen LogP contribution >= 0.6 is 0 Å². The van der Waals surface area contributed by atoms with Gasteiger partial charge in [-0.25, -0.2) is 9.18 Å². The second-order valence-corrected chi connectivity index (χ2v) is 14.7. The van der Waals surface area contributed by atoms with E-state index in [4.69, 9.17) is 4.74 Å². The SMILES string of the molecule is CCN(C1CC(F)C1)[C@H]1CC[C@H](NC(=O)OC(C)(C)C)C(=O)N2[C@H](CC[C@H]2C(=O)N2C[C@H](c3ccccc3)CC23CC3)C1. The first-order valence-corrected chi connectivity index (χ1v) is 16.6. The Labute approximate surface area is 255 Å². The first-order valence-electron chi connectivity index (χ1n) is 16.6. The lowest BCUT2D eigenvalue weighted by Gasteiger charge is -2.47. The minimum absolute atomic E-state index is 0.0616. The molecule has 0 unspecified atom stereocenters. The lowest BCUT2D eigenvalue weighted by Crippen LogP contribution is -2.60. The molecule has 0 bridgehead atoms. The minimum atomic E-state index is -0.770. The van der Waals surface area contributed by atoms with Crippen molar-refractivity contribution in [1.29, 1.82) is 0 Å². The molecule has 3 aliphatic heterocycles. The molecule has 3 heterocycles. The van der Waals surface area contributed by atoms with Crippen LogP contribution in [0.5, 0.6) is 0 Å². The van der Waals surface area contributed by atoms with Crippen molar-refractivity contribution in [3.63, 3.8) is 0 Å². The number of benzene rings is 1. The van der Waals surface area contributed by atoms with Gasteiger partial charge < -0.3 is 19.9 Å². The molecule has 5 fully saturated rings. The number of amides is 3. The first kappa shape index (κ1) is 30.4. The van der Waals surface area contributed by atoms with Crippen molar-refractivity contribution in [2.24, 2.45) is 0 Å². The number of nitrogens with zero attached hydrogens (tertiary/aromatic N) is 3. The molecule has 1 aromatic carbocycles. The van der Waals surface area contributed by atoms with Gasteiger partial charge in [-0.2, -0.15) is 0 Å². The van der Waals surface area contributed by atoms with Crippen LogP contribution in [-0.4, -0.2) is 93.2 Å². The zero-order chi connectivity index (χ0) is 30.5. The largest absolute Gasteiger partial charge is 0.444 e. The van der Waals surface area contributed by atoms with E-state index in [2.05, 4.69) is 46.3 Å². The van der Waals surface area contributed by atoms with Crippen molar-refractivity contribution in [1.82, 2.24) is 20.0 Å². The molecule has 1 N–H and O–H groups in total. The highest BCUT2D eigenvalue weighted by Gasteiger charge is 2.58. The fourth-order valence-corrected chi connectivity index (χ4v) is 8.39. The Hall–Kier alpha value is -2.68. The lowest BCUT2D eigenvalue weighted by atomic mass is 9.85. The van der Waals surface area contributed by atoms with Crippen LogP contribution in [0.15, 0.2) is 30.3 Å². The molecule has 0 aromatic heterocycles. The number of rotatable bonds is 6. The first-order chi connectivity index (χ1) is 20.5. The highest BCUT2D eigenvalue weighted by Crippen LogP contribution is 2.54. The third-order valence-electron chi connectivity index (χ3n) is 10.7. The van der Waals surface area contributed by atoms with Crippen molar-refractivity contribution < 1.29 is 23.5 Å². The Balaban J connectivity index is 1.25. The maximum Gasteiger partial charge on any atom is 0.408 e. The maximum atomic E-state index is 14.4. The van der Waals surface area contributed by atoms with Crippen molar-refractivity contribution in [2.45, 2.75) is 145 Å². The minimum Gasteiger partial charge on any atom is -0.444 e. The van der Waals surface area contributed by atoms with Crippen LogP contribution in [0, 0.1) is 0 Å². The quantitative estimate of drug-likeness (QED) is 0.491. The van der Waals surface area contributed by atoms with Gasteiger partial charge in [0.2, 0.25) is 11.8 Å². The van der Waals surface area contributed by atoms with Crippen molar-refractivity contribution in [2.75, 3.05) is 13.1 Å². The monoisotopic (exact) mass is 596 g/mol. The van der Waals surface area contributed by atoms with Crippen LogP contribution in [0.3, 0.4) is 0 Å². The predicted molar refractivity (Wildman–Crippen MR) is 162 cm³/mol. The smallest absolute Gasteiger partial charge is 0.408 e. The number of carbonyl (C=O) groups excluding carboxylic acids is 3. The molecule has 3 amide bonds. The number of carbonyl (C=O) groups is 3. The summed E-state index contributed by atoms with van der Waals surface area (Å²) in [6, 6.07) is 9.43. The fraction of sp³-hybridized carbons (Fsp3) is 0.735. The van der Waals surface area contributed by atoms with Gasteiger partial charge in [-0.15, -0.1) is 0 Å². The number of likely N-dealkylation sites (tertiary alicyclic amines) is 1. The van der Waals surface area contributed by atoms with Gasteiger partial charge in [0.15, 0.2) is 0 Å². The van der Waals surface area contributed by atoms with Crippen LogP contribution in [0.2, 0.25) is 0 Å². The number of nitrogens with one attached hydrogen (secondary N) is 1. The van der Waals surface area contributed by atoms with E-state index in [9.17, 15) is 18.8 Å². The number of fused-ring (bicyclic) bond motifs is 1. The van der Waals surface area contributed by atoms with Gasteiger partial charge in [-0.1, -0.05) is 37.3 Å². The third kappa shape index (κ3) is 6.16. The van der Waals surface area contributed by atoms with Crippen LogP contribution in [0.4, 0.5) is 9.18 Å². The average molecular weight is 597 g/mol. The van der Waals surface area contributed by atoms with Crippen molar-refractivity contribution in [3.05, 3.63) is 35.9 Å². The van der Waals surface area contributed by atoms with E-state index >= 15 is 0 Å². The second kappa shape index (κ2) is 11.7. The molecule has 5 atom stereocenters. The Kier molecular flexibility index (Phi) is 8.24. The van der Waals surface area contributed by atoms with Gasteiger partial charge in [-0.05, 0) is 97.1 Å². The summed E-state index contributed by atoms with van der Waals surface area (Å²) in [5.74, 6) is 0.189. The van der Waals surface area contributed by atoms with E-state index in [1.54, 1.807) is 20.8 Å². The second-order valence-electron chi connectivity index (χ2n) is 14.7. The number of alkyl halides is 1. The summed E-state index contributed by atoms with van der Waals surface area (Å²) in [4.78, 5) is 48.0. The molecule has 1 aromatic rings. The molecule has 0 radical (unpaired) electrons. The van der Waals surface area contributed by atoms with Gasteiger partial charge in [0, 0.05) is 36.1 Å². The molecule has 3 saturated heterocycles. The van der Waals surface area contributed by atoms with Crippen LogP contribution in [0.25, 0.3) is 0 Å². The summed E-state index contributed by atoms with van der Waals surface area (Å²) in [6.45, 7) is 9.02. The lowest BCUT2D eigenvalue weighted by molar-refractivity contribution is -0.148. The summed E-state index contributed by atoms with van der Waals surface area (Å²) in [5, 5.41) is 2.88. The number of hydrogen-bond donors (Lipinski definition) is 1. The van der Waals surface area contributed by atoms with Gasteiger partial charge >= 0.3 is 6.09 Å². The molecular formula is C34H49FN4O4. The van der Waals surface area contributed by atoms with E-state index in [-0.39, 0.29) is 35.5 Å². The highest BCUT2D eigenvalue weighted by atomic mass is 19.1. The van der Waals surface area contributed by atoms with Crippen molar-refractivity contribution >= 4 is 17.9 Å². The summed E-state index contributed by atoms with van der Waals surface area (Å²) >= 11 is 0. The number of ether oxygens (including phenoxy) is 1. The molecule has 9 heteroatoms. The van der Waals surface area contributed by atoms with E-state index in [1.807, 2.05) is 11.0 Å². The molecule has 43 heavy (non-hydrogen) atoms. The Morgan fingerprint density at radius 3 is 2.40 bits per heavy atom. The Morgan fingerprint density at radius 1 is 1.05 bits per heavy atom. The van der Waals surface area contributed by atoms with E-state index in [0.717, 1.165) is 45.1 Å². The third-order valence-corrected chi connectivity index (χ3v) is 10.7. The van der Waals surface area contributed by atoms with Crippen LogP contribution in [-0.2, 0) is 14.3 Å². The van der Waals surface area contributed by atoms with E-state index in [0.29, 0.717) is 38.1 Å². The molecule has 2 saturated carbocycles. The topological polar surface area (TPSA) is 82.2 Å². The normalized spacial score (nSPS) is 33.5. The van der Waals surface area contributed by atoms with Crippen LogP contribution in [0.1, 0.15) is 103 Å². The summed E-state index contributed by atoms with van der Waals surface area (Å²) < 4.78 is 19.4. The van der Waals surface area contributed by atoms with E-state index < -0.39 is 29.9 Å². The molecule has 1 spiro atoms. The maximum absolute atomic E-state index is 14.4. The molecular weight excluding hydrogens is 547 g/mol. The summed E-state index contributed by atoms with van der Waals surface area (Å²) in [7, 11) is 0. The van der Waals surface area contributed by atoms with Gasteiger partial charge in [0.25, 0.3) is 0 Å². The molecule has 6 rings (SSSR count). The van der Waals surface area contributed by atoms with E-state index in [1.165, 1.54) is 5.56 Å². The number of alkyl carbamates (subject to hydrolysis) is 1. The predicted octanol–water partition coefficient (Wildman–Crippen LogP) is 5.16. The van der Waals surface area contributed by atoms with Gasteiger partial charge in [0.05, 0.1) is 0 Å². The zero-order valence-electron chi connectivity index (χ0n) is 26.3. The van der Waals surface area contributed by atoms with Crippen molar-refractivity contribution in [3.8, 4) is 0 Å². The average Bonchev–Trinajstić information content (AvgIpc) is 3.43. The molecule has 8 nitrogen and oxygen atoms in total. The van der Waals surface area contributed by atoms with Gasteiger partial charge in [-0.3, -0.25) is 14.5 Å². The standard InChI is InChI=1S/C34H49FN4O4/c1-5-37(27-17-24(35)18-27)25-11-13-28(36-32(42)43-33(2,3)4)30(40)39-26(19-25)12-14-29(39)31(41)38-21-23(20-34(38)15-16-34)22-9-7-6-8-10-22/h6-10,23-29H,5,11-21H2,1-4H3,(H,36,42)/t23-,24?,25+,26-,27?,28+,29+/m1/s1. The fourth-order valence-electron chi connectivity index (χ4n) is 8.39. The molecule has 2 aliphatic carbocycles.